The van der Waals surface area contributed by atoms with Crippen molar-refractivity contribution in [2.75, 3.05) is 13.1 Å². The topological polar surface area (TPSA) is 66.5 Å². The van der Waals surface area contributed by atoms with Crippen LogP contribution in [-0.2, 0) is 14.8 Å². The molecule has 2 aromatic carbocycles. The van der Waals surface area contributed by atoms with Crippen molar-refractivity contribution in [3.05, 3.63) is 42.5 Å². The van der Waals surface area contributed by atoms with Gasteiger partial charge in [-0.1, -0.05) is 37.3 Å². The van der Waals surface area contributed by atoms with E-state index in [2.05, 4.69) is 11.6 Å². The van der Waals surface area contributed by atoms with Crippen LogP contribution >= 0.6 is 0 Å². The van der Waals surface area contributed by atoms with Crippen LogP contribution in [0.15, 0.2) is 47.4 Å². The van der Waals surface area contributed by atoms with Gasteiger partial charge in [0.05, 0.1) is 10.9 Å². The molecule has 1 heterocycles. The molecule has 0 bridgehead atoms. The van der Waals surface area contributed by atoms with E-state index < -0.39 is 16.1 Å². The first-order valence-corrected chi connectivity index (χ1v) is 10.1. The first-order chi connectivity index (χ1) is 11.9. The van der Waals surface area contributed by atoms with Crippen LogP contribution in [-0.4, -0.2) is 38.4 Å². The molecular formula is C19H24N2O3S. The molecule has 3 rings (SSSR count). The summed E-state index contributed by atoms with van der Waals surface area (Å²) in [6.07, 6.45) is 1.94. The zero-order chi connectivity index (χ0) is 18.0. The predicted octanol–water partition coefficient (Wildman–Crippen LogP) is 2.77. The minimum absolute atomic E-state index is 0.156. The fourth-order valence-electron chi connectivity index (χ4n) is 3.19. The SMILES string of the molecule is CC1CCN(C(=O)[C@H](C)NS(=O)(=O)c2ccc3ccccc3c2)CC1. The maximum absolute atomic E-state index is 12.6. The number of piperidine rings is 1. The lowest BCUT2D eigenvalue weighted by molar-refractivity contribution is -0.133. The largest absolute Gasteiger partial charge is 0.341 e. The predicted molar refractivity (Wildman–Crippen MR) is 98.7 cm³/mol. The third kappa shape index (κ3) is 4.02. The lowest BCUT2D eigenvalue weighted by Crippen LogP contribution is -2.49. The second-order valence-electron chi connectivity index (χ2n) is 6.86. The molecule has 1 N–H and O–H groups in total. The lowest BCUT2D eigenvalue weighted by atomic mass is 9.99. The van der Waals surface area contributed by atoms with Gasteiger partial charge in [0.1, 0.15) is 0 Å². The summed E-state index contributed by atoms with van der Waals surface area (Å²) in [6, 6.07) is 11.8. The average Bonchev–Trinajstić information content (AvgIpc) is 2.61. The number of benzene rings is 2. The van der Waals surface area contributed by atoms with Gasteiger partial charge in [0, 0.05) is 13.1 Å². The third-order valence-electron chi connectivity index (χ3n) is 4.83. The van der Waals surface area contributed by atoms with Crippen molar-refractivity contribution in [2.45, 2.75) is 37.6 Å². The second kappa shape index (κ2) is 7.14. The van der Waals surface area contributed by atoms with Gasteiger partial charge in [-0.15, -0.1) is 0 Å². The van der Waals surface area contributed by atoms with E-state index in [1.807, 2.05) is 24.3 Å². The van der Waals surface area contributed by atoms with Gasteiger partial charge < -0.3 is 4.90 Å². The highest BCUT2D eigenvalue weighted by Gasteiger charge is 2.28. The number of nitrogens with zero attached hydrogens (tertiary/aromatic N) is 1. The van der Waals surface area contributed by atoms with Crippen molar-refractivity contribution in [3.63, 3.8) is 0 Å². The number of fused-ring (bicyclic) bond motifs is 1. The molecule has 1 fully saturated rings. The van der Waals surface area contributed by atoms with E-state index in [9.17, 15) is 13.2 Å². The zero-order valence-electron chi connectivity index (χ0n) is 14.6. The Balaban J connectivity index is 1.74. The Kier molecular flexibility index (Phi) is 5.11. The molecule has 0 radical (unpaired) electrons. The number of rotatable bonds is 4. The van der Waals surface area contributed by atoms with Crippen molar-refractivity contribution >= 4 is 26.7 Å². The maximum atomic E-state index is 12.6. The van der Waals surface area contributed by atoms with Crippen LogP contribution in [0.4, 0.5) is 0 Å². The van der Waals surface area contributed by atoms with Crippen molar-refractivity contribution in [1.29, 1.82) is 0 Å². The minimum Gasteiger partial charge on any atom is -0.341 e. The summed E-state index contributed by atoms with van der Waals surface area (Å²) in [6.45, 7) is 5.18. The number of hydrogen-bond acceptors (Lipinski definition) is 3. The Hall–Kier alpha value is -1.92. The molecule has 134 valence electrons. The number of carbonyl (C=O) groups is 1. The molecule has 2 aromatic rings. The molecule has 0 spiro atoms. The van der Waals surface area contributed by atoms with E-state index in [4.69, 9.17) is 0 Å². The molecule has 1 aliphatic heterocycles. The highest BCUT2D eigenvalue weighted by Crippen LogP contribution is 2.20. The van der Waals surface area contributed by atoms with Crippen LogP contribution in [0.1, 0.15) is 26.7 Å². The summed E-state index contributed by atoms with van der Waals surface area (Å²) in [4.78, 5) is 14.5. The van der Waals surface area contributed by atoms with E-state index in [1.165, 1.54) is 0 Å². The molecular weight excluding hydrogens is 336 g/mol. The Labute approximate surface area is 149 Å². The molecule has 0 unspecified atom stereocenters. The number of likely N-dealkylation sites (tertiary alicyclic amines) is 1. The van der Waals surface area contributed by atoms with Gasteiger partial charge in [0.2, 0.25) is 15.9 Å². The molecule has 5 nitrogen and oxygen atoms in total. The smallest absolute Gasteiger partial charge is 0.241 e. The summed E-state index contributed by atoms with van der Waals surface area (Å²) in [7, 11) is -3.74. The molecule has 6 heteroatoms. The number of carbonyl (C=O) groups excluding carboxylic acids is 1. The highest BCUT2D eigenvalue weighted by molar-refractivity contribution is 7.89. The molecule has 0 aromatic heterocycles. The number of hydrogen-bond donors (Lipinski definition) is 1. The fourth-order valence-corrected chi connectivity index (χ4v) is 4.42. The maximum Gasteiger partial charge on any atom is 0.241 e. The Morgan fingerprint density at radius 1 is 1.12 bits per heavy atom. The molecule has 0 saturated carbocycles. The standard InChI is InChI=1S/C19H24N2O3S/c1-14-9-11-21(12-10-14)19(22)15(2)20-25(23,24)18-8-7-16-5-3-4-6-17(16)13-18/h3-8,13-15,20H,9-12H2,1-2H3/t15-/m0/s1. The molecule has 1 atom stereocenters. The Bertz CT molecular complexity index is 871. The van der Waals surface area contributed by atoms with E-state index in [0.717, 1.165) is 23.6 Å². The first-order valence-electron chi connectivity index (χ1n) is 8.67. The summed E-state index contributed by atoms with van der Waals surface area (Å²) in [5, 5.41) is 1.84. The Morgan fingerprint density at radius 2 is 1.76 bits per heavy atom. The molecule has 1 amide bonds. The van der Waals surface area contributed by atoms with Crippen molar-refractivity contribution in [1.82, 2.24) is 9.62 Å². The highest BCUT2D eigenvalue weighted by atomic mass is 32.2. The third-order valence-corrected chi connectivity index (χ3v) is 6.37. The van der Waals surface area contributed by atoms with Crippen molar-refractivity contribution < 1.29 is 13.2 Å². The summed E-state index contributed by atoms with van der Waals surface area (Å²) < 4.78 is 27.8. The van der Waals surface area contributed by atoms with Crippen LogP contribution in [0, 0.1) is 5.92 Å². The van der Waals surface area contributed by atoms with Gasteiger partial charge in [0.15, 0.2) is 0 Å². The van der Waals surface area contributed by atoms with Crippen LogP contribution in [0.2, 0.25) is 0 Å². The van der Waals surface area contributed by atoms with Crippen molar-refractivity contribution in [3.8, 4) is 0 Å². The number of amides is 1. The molecule has 1 saturated heterocycles. The minimum atomic E-state index is -3.74. The van der Waals surface area contributed by atoms with E-state index >= 15 is 0 Å². The van der Waals surface area contributed by atoms with Crippen LogP contribution < -0.4 is 4.72 Å². The van der Waals surface area contributed by atoms with Gasteiger partial charge in [-0.2, -0.15) is 4.72 Å². The van der Waals surface area contributed by atoms with Gasteiger partial charge in [-0.25, -0.2) is 8.42 Å². The van der Waals surface area contributed by atoms with E-state index in [1.54, 1.807) is 30.0 Å². The van der Waals surface area contributed by atoms with Crippen molar-refractivity contribution in [2.24, 2.45) is 5.92 Å². The van der Waals surface area contributed by atoms with E-state index in [0.29, 0.717) is 19.0 Å². The monoisotopic (exact) mass is 360 g/mol. The zero-order valence-corrected chi connectivity index (χ0v) is 15.4. The summed E-state index contributed by atoms with van der Waals surface area (Å²) >= 11 is 0. The number of nitrogens with one attached hydrogen (secondary N) is 1. The van der Waals surface area contributed by atoms with Crippen LogP contribution in [0.3, 0.4) is 0 Å². The fraction of sp³-hybridized carbons (Fsp3) is 0.421. The molecule has 0 aliphatic carbocycles. The van der Waals surface area contributed by atoms with Crippen LogP contribution in [0.25, 0.3) is 10.8 Å². The average molecular weight is 360 g/mol. The normalized spacial score (nSPS) is 17.6. The van der Waals surface area contributed by atoms with Gasteiger partial charge >= 0.3 is 0 Å². The quantitative estimate of drug-likeness (QED) is 0.912. The molecule has 1 aliphatic rings. The number of sulfonamides is 1. The molecule has 25 heavy (non-hydrogen) atoms. The first kappa shape index (κ1) is 17.9. The Morgan fingerprint density at radius 3 is 2.44 bits per heavy atom. The van der Waals surface area contributed by atoms with Crippen LogP contribution in [0.5, 0.6) is 0 Å². The van der Waals surface area contributed by atoms with E-state index in [-0.39, 0.29) is 10.8 Å². The van der Waals surface area contributed by atoms with Gasteiger partial charge in [-0.3, -0.25) is 4.79 Å². The summed E-state index contributed by atoms with van der Waals surface area (Å²) in [5.41, 5.74) is 0. The summed E-state index contributed by atoms with van der Waals surface area (Å²) in [5.74, 6) is 0.463. The second-order valence-corrected chi connectivity index (χ2v) is 8.57. The van der Waals surface area contributed by atoms with Gasteiger partial charge in [-0.05, 0) is 48.6 Å². The lowest BCUT2D eigenvalue weighted by Gasteiger charge is -2.32. The van der Waals surface area contributed by atoms with Gasteiger partial charge in [0.25, 0.3) is 0 Å².